The lowest BCUT2D eigenvalue weighted by Crippen LogP contribution is -2.27. The predicted octanol–water partition coefficient (Wildman–Crippen LogP) is 2.91. The standard InChI is InChI=1S/C13H18O4S/c1-8-5-9(2)7-10(6-8)18(16)12-4-3-11(17-12)13(14)15/h3-4,8-10H,5-7H2,1-2H3,(H,14,15). The number of hydrogen-bond donors (Lipinski definition) is 1. The smallest absolute Gasteiger partial charge is 0.371 e. The average Bonchev–Trinajstić information content (AvgIpc) is 2.75. The molecule has 1 aliphatic carbocycles. The Hall–Kier alpha value is -1.10. The molecule has 0 radical (unpaired) electrons. The molecular formula is C13H18O4S. The van der Waals surface area contributed by atoms with Crippen LogP contribution >= 0.6 is 0 Å². The van der Waals surface area contributed by atoms with Gasteiger partial charge in [0.1, 0.15) is 0 Å². The fourth-order valence-corrected chi connectivity index (χ4v) is 4.46. The summed E-state index contributed by atoms with van der Waals surface area (Å²) in [5.41, 5.74) is 0. The van der Waals surface area contributed by atoms with E-state index in [2.05, 4.69) is 13.8 Å². The fraction of sp³-hybridized carbons (Fsp3) is 0.615. The zero-order chi connectivity index (χ0) is 13.3. The molecule has 18 heavy (non-hydrogen) atoms. The van der Waals surface area contributed by atoms with Crippen LogP contribution in [-0.4, -0.2) is 20.5 Å². The molecule has 0 bridgehead atoms. The van der Waals surface area contributed by atoms with E-state index in [1.165, 1.54) is 18.6 Å². The molecule has 4 nitrogen and oxygen atoms in total. The lowest BCUT2D eigenvalue weighted by atomic mass is 9.83. The van der Waals surface area contributed by atoms with Gasteiger partial charge in [0.15, 0.2) is 5.09 Å². The van der Waals surface area contributed by atoms with Gasteiger partial charge in [-0.25, -0.2) is 4.79 Å². The number of carbonyl (C=O) groups is 1. The normalized spacial score (nSPS) is 30.0. The molecule has 100 valence electrons. The molecule has 1 fully saturated rings. The fourth-order valence-electron chi connectivity index (χ4n) is 2.76. The minimum Gasteiger partial charge on any atom is -0.475 e. The first-order chi connectivity index (χ1) is 8.47. The van der Waals surface area contributed by atoms with Gasteiger partial charge in [-0.05, 0) is 43.2 Å². The highest BCUT2D eigenvalue weighted by Gasteiger charge is 2.30. The van der Waals surface area contributed by atoms with Gasteiger partial charge < -0.3 is 9.52 Å². The Morgan fingerprint density at radius 3 is 2.39 bits per heavy atom. The first-order valence-electron chi connectivity index (χ1n) is 6.21. The Kier molecular flexibility index (Phi) is 3.90. The number of carboxylic acids is 1. The van der Waals surface area contributed by atoms with Crippen molar-refractivity contribution in [2.24, 2.45) is 11.8 Å². The van der Waals surface area contributed by atoms with E-state index in [9.17, 15) is 9.00 Å². The van der Waals surface area contributed by atoms with E-state index in [1.807, 2.05) is 0 Å². The average molecular weight is 270 g/mol. The van der Waals surface area contributed by atoms with Gasteiger partial charge in [-0.3, -0.25) is 4.21 Å². The molecule has 0 amide bonds. The van der Waals surface area contributed by atoms with E-state index in [1.54, 1.807) is 0 Å². The molecule has 1 aromatic heterocycles. The van der Waals surface area contributed by atoms with Gasteiger partial charge >= 0.3 is 5.97 Å². The van der Waals surface area contributed by atoms with Crippen molar-refractivity contribution < 1.29 is 18.5 Å². The summed E-state index contributed by atoms with van der Waals surface area (Å²) in [6, 6.07) is 2.88. The molecular weight excluding hydrogens is 252 g/mol. The van der Waals surface area contributed by atoms with Crippen molar-refractivity contribution in [2.45, 2.75) is 43.5 Å². The van der Waals surface area contributed by atoms with Crippen LogP contribution in [0.5, 0.6) is 0 Å². The highest BCUT2D eigenvalue weighted by atomic mass is 32.2. The molecule has 3 atom stereocenters. The molecule has 0 spiro atoms. The molecule has 1 saturated carbocycles. The van der Waals surface area contributed by atoms with Gasteiger partial charge in [-0.15, -0.1) is 0 Å². The third-order valence-electron chi connectivity index (χ3n) is 3.43. The van der Waals surface area contributed by atoms with Crippen LogP contribution in [0.2, 0.25) is 0 Å². The summed E-state index contributed by atoms with van der Waals surface area (Å²) in [6.07, 6.45) is 3.01. The van der Waals surface area contributed by atoms with Crippen LogP contribution in [0.4, 0.5) is 0 Å². The van der Waals surface area contributed by atoms with Crippen LogP contribution in [0.25, 0.3) is 0 Å². The Labute approximate surface area is 109 Å². The molecule has 3 unspecified atom stereocenters. The Morgan fingerprint density at radius 2 is 1.89 bits per heavy atom. The van der Waals surface area contributed by atoms with Gasteiger partial charge in [-0.2, -0.15) is 0 Å². The zero-order valence-electron chi connectivity index (χ0n) is 10.6. The highest BCUT2D eigenvalue weighted by molar-refractivity contribution is 7.85. The number of aromatic carboxylic acids is 1. The number of carboxylic acid groups (broad SMARTS) is 1. The number of furan rings is 1. The molecule has 5 heteroatoms. The predicted molar refractivity (Wildman–Crippen MR) is 68.0 cm³/mol. The molecule has 1 N–H and O–H groups in total. The lowest BCUT2D eigenvalue weighted by molar-refractivity contribution is 0.0656. The lowest BCUT2D eigenvalue weighted by Gasteiger charge is -2.30. The van der Waals surface area contributed by atoms with Crippen LogP contribution in [0, 0.1) is 11.8 Å². The van der Waals surface area contributed by atoms with Crippen LogP contribution in [0.1, 0.15) is 43.7 Å². The quantitative estimate of drug-likeness (QED) is 0.917. The minimum atomic E-state index is -1.24. The van der Waals surface area contributed by atoms with Crippen LogP contribution in [0.3, 0.4) is 0 Å². The van der Waals surface area contributed by atoms with E-state index in [-0.39, 0.29) is 11.0 Å². The topological polar surface area (TPSA) is 67.5 Å². The number of hydrogen-bond acceptors (Lipinski definition) is 3. The van der Waals surface area contributed by atoms with Gasteiger partial charge in [0.2, 0.25) is 5.76 Å². The summed E-state index contributed by atoms with van der Waals surface area (Å²) in [5, 5.41) is 9.15. The molecule has 1 heterocycles. The van der Waals surface area contributed by atoms with E-state index >= 15 is 0 Å². The first kappa shape index (κ1) is 13.3. The number of rotatable bonds is 3. The van der Waals surface area contributed by atoms with Gasteiger partial charge in [0, 0.05) is 5.25 Å². The van der Waals surface area contributed by atoms with E-state index in [4.69, 9.17) is 9.52 Å². The van der Waals surface area contributed by atoms with Crippen molar-refractivity contribution in [3.63, 3.8) is 0 Å². The zero-order valence-corrected chi connectivity index (χ0v) is 11.4. The van der Waals surface area contributed by atoms with E-state index in [0.29, 0.717) is 16.9 Å². The first-order valence-corrected chi connectivity index (χ1v) is 7.42. The second-order valence-corrected chi connectivity index (χ2v) is 6.92. The Balaban J connectivity index is 2.12. The Morgan fingerprint density at radius 1 is 1.28 bits per heavy atom. The summed E-state index contributed by atoms with van der Waals surface area (Å²) in [4.78, 5) is 10.7. The SMILES string of the molecule is CC1CC(C)CC(S(=O)c2ccc(C(=O)O)o2)C1. The molecule has 2 rings (SSSR count). The van der Waals surface area contributed by atoms with Gasteiger partial charge in [0.05, 0.1) is 10.8 Å². The van der Waals surface area contributed by atoms with Gasteiger partial charge in [0.25, 0.3) is 0 Å². The van der Waals surface area contributed by atoms with Crippen molar-refractivity contribution in [2.75, 3.05) is 0 Å². The van der Waals surface area contributed by atoms with Crippen molar-refractivity contribution in [1.82, 2.24) is 0 Å². The van der Waals surface area contributed by atoms with Crippen molar-refractivity contribution in [1.29, 1.82) is 0 Å². The summed E-state index contributed by atoms with van der Waals surface area (Å²) in [7, 11) is -1.24. The van der Waals surface area contributed by atoms with E-state index < -0.39 is 16.8 Å². The maximum atomic E-state index is 12.4. The van der Waals surface area contributed by atoms with Crippen molar-refractivity contribution >= 4 is 16.8 Å². The Bertz CT molecular complexity index is 455. The van der Waals surface area contributed by atoms with Gasteiger partial charge in [-0.1, -0.05) is 13.8 Å². The second kappa shape index (κ2) is 5.26. The van der Waals surface area contributed by atoms with Crippen LogP contribution in [-0.2, 0) is 10.8 Å². The van der Waals surface area contributed by atoms with Crippen molar-refractivity contribution in [3.05, 3.63) is 17.9 Å². The minimum absolute atomic E-state index is 0.0801. The summed E-state index contributed by atoms with van der Waals surface area (Å²) in [5.74, 6) is -0.132. The second-order valence-electron chi connectivity index (χ2n) is 5.26. The maximum absolute atomic E-state index is 12.4. The summed E-state index contributed by atoms with van der Waals surface area (Å²) < 4.78 is 17.5. The maximum Gasteiger partial charge on any atom is 0.371 e. The highest BCUT2D eigenvalue weighted by Crippen LogP contribution is 2.33. The third kappa shape index (κ3) is 2.83. The van der Waals surface area contributed by atoms with Crippen LogP contribution < -0.4 is 0 Å². The molecule has 1 aliphatic rings. The molecule has 1 aromatic rings. The van der Waals surface area contributed by atoms with Crippen molar-refractivity contribution in [3.8, 4) is 0 Å². The largest absolute Gasteiger partial charge is 0.475 e. The molecule has 0 aromatic carbocycles. The summed E-state index contributed by atoms with van der Waals surface area (Å²) in [6.45, 7) is 4.34. The monoisotopic (exact) mass is 270 g/mol. The third-order valence-corrected chi connectivity index (χ3v) is 5.03. The van der Waals surface area contributed by atoms with Crippen LogP contribution in [0.15, 0.2) is 21.6 Å². The molecule has 0 saturated heterocycles. The summed E-state index contributed by atoms with van der Waals surface area (Å²) >= 11 is 0. The molecule has 0 aliphatic heterocycles. The van der Waals surface area contributed by atoms with E-state index in [0.717, 1.165) is 12.8 Å².